The number of hydrogen-bond donors (Lipinski definition) is 2. The van der Waals surface area contributed by atoms with Crippen molar-refractivity contribution in [2.75, 3.05) is 11.4 Å². The molecule has 0 saturated heterocycles. The maximum absolute atomic E-state index is 14.6. The van der Waals surface area contributed by atoms with Gasteiger partial charge in [0.2, 0.25) is 5.91 Å². The fraction of sp³-hybridized carbons (Fsp3) is 0.370. The molecule has 0 unspecified atom stereocenters. The van der Waals surface area contributed by atoms with E-state index in [9.17, 15) is 18.8 Å². The van der Waals surface area contributed by atoms with Crippen LogP contribution in [0.2, 0.25) is 0 Å². The van der Waals surface area contributed by atoms with Gasteiger partial charge in [0, 0.05) is 11.7 Å². The molecular weight excluding hydrogens is 465 g/mol. The molecule has 3 aromatic rings. The minimum atomic E-state index is -1.20. The summed E-state index contributed by atoms with van der Waals surface area (Å²) in [5.74, 6) is -1.29. The van der Waals surface area contributed by atoms with Crippen molar-refractivity contribution in [2.45, 2.75) is 58.0 Å². The SMILES string of the molecule is Cc1ccc([C@H](C(=O)NC2CCCCC2)N(C(=O)CNC(=O)c2ccco2)c2ccc(C)c(F)c2)o1. The van der Waals surface area contributed by atoms with Gasteiger partial charge in [0.1, 0.15) is 17.3 Å². The van der Waals surface area contributed by atoms with Gasteiger partial charge in [-0.2, -0.15) is 0 Å². The molecule has 2 heterocycles. The van der Waals surface area contributed by atoms with Crippen molar-refractivity contribution in [3.8, 4) is 0 Å². The minimum absolute atomic E-state index is 0.0184. The molecule has 1 aliphatic rings. The molecule has 1 fully saturated rings. The number of nitrogens with zero attached hydrogens (tertiary/aromatic N) is 1. The first-order valence-electron chi connectivity index (χ1n) is 12.1. The topological polar surface area (TPSA) is 105 Å². The van der Waals surface area contributed by atoms with Crippen molar-refractivity contribution < 1.29 is 27.6 Å². The van der Waals surface area contributed by atoms with Crippen LogP contribution in [0.25, 0.3) is 0 Å². The first kappa shape index (κ1) is 25.2. The molecule has 1 aromatic carbocycles. The summed E-state index contributed by atoms with van der Waals surface area (Å²) in [4.78, 5) is 40.8. The number of rotatable bonds is 8. The number of nitrogens with one attached hydrogen (secondary N) is 2. The maximum Gasteiger partial charge on any atom is 0.287 e. The first-order valence-corrected chi connectivity index (χ1v) is 12.1. The van der Waals surface area contributed by atoms with Crippen LogP contribution in [0.3, 0.4) is 0 Å². The number of benzene rings is 1. The van der Waals surface area contributed by atoms with Crippen molar-refractivity contribution in [1.82, 2.24) is 10.6 Å². The smallest absolute Gasteiger partial charge is 0.287 e. The van der Waals surface area contributed by atoms with Gasteiger partial charge in [-0.1, -0.05) is 25.3 Å². The number of carbonyl (C=O) groups excluding carboxylic acids is 3. The van der Waals surface area contributed by atoms with Crippen LogP contribution in [-0.2, 0) is 9.59 Å². The van der Waals surface area contributed by atoms with Gasteiger partial charge >= 0.3 is 0 Å². The van der Waals surface area contributed by atoms with Crippen LogP contribution in [0.15, 0.2) is 57.6 Å². The third kappa shape index (κ3) is 5.84. The monoisotopic (exact) mass is 495 g/mol. The van der Waals surface area contributed by atoms with Gasteiger partial charge < -0.3 is 19.5 Å². The highest BCUT2D eigenvalue weighted by molar-refractivity contribution is 6.04. The maximum atomic E-state index is 14.6. The number of amides is 3. The van der Waals surface area contributed by atoms with Gasteiger partial charge in [-0.3, -0.25) is 19.3 Å². The third-order valence-corrected chi connectivity index (χ3v) is 6.34. The van der Waals surface area contributed by atoms with E-state index in [0.717, 1.165) is 32.1 Å². The first-order chi connectivity index (χ1) is 17.3. The summed E-state index contributed by atoms with van der Waals surface area (Å²) >= 11 is 0. The van der Waals surface area contributed by atoms with Gasteiger partial charge in [-0.15, -0.1) is 0 Å². The molecule has 36 heavy (non-hydrogen) atoms. The van der Waals surface area contributed by atoms with Crippen molar-refractivity contribution in [3.63, 3.8) is 0 Å². The summed E-state index contributed by atoms with van der Waals surface area (Å²) in [6, 6.07) is 9.46. The molecule has 2 N–H and O–H groups in total. The van der Waals surface area contributed by atoms with E-state index in [0.29, 0.717) is 11.3 Å². The highest BCUT2D eigenvalue weighted by Crippen LogP contribution is 2.31. The lowest BCUT2D eigenvalue weighted by molar-refractivity contribution is -0.127. The molecule has 0 radical (unpaired) electrons. The van der Waals surface area contributed by atoms with Gasteiger partial charge in [0.05, 0.1) is 12.8 Å². The Labute approximate surface area is 208 Å². The normalized spacial score (nSPS) is 14.8. The number of halogens is 1. The van der Waals surface area contributed by atoms with Gasteiger partial charge in [-0.25, -0.2) is 4.39 Å². The quantitative estimate of drug-likeness (QED) is 0.476. The molecule has 4 rings (SSSR count). The number of carbonyl (C=O) groups is 3. The fourth-order valence-corrected chi connectivity index (χ4v) is 4.41. The average molecular weight is 496 g/mol. The van der Waals surface area contributed by atoms with Gasteiger partial charge in [0.25, 0.3) is 11.8 Å². The second-order valence-corrected chi connectivity index (χ2v) is 9.05. The molecule has 0 bridgehead atoms. The Balaban J connectivity index is 1.68. The standard InChI is InChI=1S/C27H30FN3O5/c1-17-10-12-20(15-21(17)28)31(24(32)16-29-26(33)23-9-6-14-35-23)25(22-13-11-18(2)36-22)27(34)30-19-7-4-3-5-8-19/h6,9-15,19,25H,3-5,7-8,16H2,1-2H3,(H,29,33)(H,30,34)/t25-/m1/s1. The fourth-order valence-electron chi connectivity index (χ4n) is 4.41. The van der Waals surface area contributed by atoms with Gasteiger partial charge in [0.15, 0.2) is 11.8 Å². The summed E-state index contributed by atoms with van der Waals surface area (Å²) < 4.78 is 25.5. The van der Waals surface area contributed by atoms with Crippen molar-refractivity contribution in [2.24, 2.45) is 0 Å². The second kappa shape index (κ2) is 11.2. The predicted octanol–water partition coefficient (Wildman–Crippen LogP) is 4.58. The Kier molecular flexibility index (Phi) is 7.87. The summed E-state index contributed by atoms with van der Waals surface area (Å²) in [7, 11) is 0. The Morgan fingerprint density at radius 3 is 2.50 bits per heavy atom. The van der Waals surface area contributed by atoms with Crippen LogP contribution in [0.1, 0.15) is 65.8 Å². The highest BCUT2D eigenvalue weighted by Gasteiger charge is 2.36. The van der Waals surface area contributed by atoms with Crippen molar-refractivity contribution in [3.05, 3.63) is 77.4 Å². The molecule has 3 amide bonds. The molecule has 1 atom stereocenters. The van der Waals surface area contributed by atoms with Crippen LogP contribution in [0.5, 0.6) is 0 Å². The number of aryl methyl sites for hydroxylation is 2. The zero-order valence-electron chi connectivity index (χ0n) is 20.4. The van der Waals surface area contributed by atoms with Gasteiger partial charge in [-0.05, 0) is 68.7 Å². The lowest BCUT2D eigenvalue weighted by atomic mass is 9.95. The van der Waals surface area contributed by atoms with Crippen LogP contribution < -0.4 is 15.5 Å². The van der Waals surface area contributed by atoms with E-state index in [1.165, 1.54) is 29.4 Å². The van der Waals surface area contributed by atoms with E-state index < -0.39 is 36.1 Å². The predicted molar refractivity (Wildman–Crippen MR) is 131 cm³/mol. The second-order valence-electron chi connectivity index (χ2n) is 9.05. The Morgan fingerprint density at radius 2 is 1.86 bits per heavy atom. The van der Waals surface area contributed by atoms with E-state index in [2.05, 4.69) is 10.6 Å². The lowest BCUT2D eigenvalue weighted by Gasteiger charge is -2.32. The van der Waals surface area contributed by atoms with Crippen LogP contribution in [0.4, 0.5) is 10.1 Å². The van der Waals surface area contributed by atoms with E-state index >= 15 is 0 Å². The average Bonchev–Trinajstić information content (AvgIpc) is 3.55. The van der Waals surface area contributed by atoms with E-state index in [1.807, 2.05) is 0 Å². The minimum Gasteiger partial charge on any atom is -0.464 e. The molecule has 0 spiro atoms. The van der Waals surface area contributed by atoms with E-state index in [4.69, 9.17) is 8.83 Å². The Hall–Kier alpha value is -3.88. The lowest BCUT2D eigenvalue weighted by Crippen LogP contribution is -2.49. The number of anilines is 1. The summed E-state index contributed by atoms with van der Waals surface area (Å²) in [6.45, 7) is 2.90. The molecule has 9 heteroatoms. The van der Waals surface area contributed by atoms with Crippen LogP contribution in [0, 0.1) is 19.7 Å². The third-order valence-electron chi connectivity index (χ3n) is 6.34. The van der Waals surface area contributed by atoms with E-state index in [-0.39, 0.29) is 23.2 Å². The number of hydrogen-bond acceptors (Lipinski definition) is 5. The zero-order chi connectivity index (χ0) is 25.7. The largest absolute Gasteiger partial charge is 0.464 e. The Bertz CT molecular complexity index is 1210. The van der Waals surface area contributed by atoms with E-state index in [1.54, 1.807) is 38.1 Å². The molecule has 0 aliphatic heterocycles. The molecule has 190 valence electrons. The summed E-state index contributed by atoms with van der Waals surface area (Å²) in [5, 5.41) is 5.57. The van der Waals surface area contributed by atoms with Crippen molar-refractivity contribution in [1.29, 1.82) is 0 Å². The molecule has 2 aromatic heterocycles. The summed E-state index contributed by atoms with van der Waals surface area (Å²) in [5.41, 5.74) is 0.572. The Morgan fingerprint density at radius 1 is 1.08 bits per heavy atom. The number of furan rings is 2. The summed E-state index contributed by atoms with van der Waals surface area (Å²) in [6.07, 6.45) is 6.20. The molecule has 1 aliphatic carbocycles. The zero-order valence-corrected chi connectivity index (χ0v) is 20.4. The highest BCUT2D eigenvalue weighted by atomic mass is 19.1. The van der Waals surface area contributed by atoms with Crippen LogP contribution in [-0.4, -0.2) is 30.3 Å². The molecular formula is C27H30FN3O5. The van der Waals surface area contributed by atoms with Crippen molar-refractivity contribution >= 4 is 23.4 Å². The van der Waals surface area contributed by atoms with Crippen LogP contribution >= 0.6 is 0 Å². The molecule has 8 nitrogen and oxygen atoms in total. The molecule has 1 saturated carbocycles.